The highest BCUT2D eigenvalue weighted by Gasteiger charge is 2.22. The van der Waals surface area contributed by atoms with Crippen molar-refractivity contribution in [3.05, 3.63) is 11.9 Å². The first-order chi connectivity index (χ1) is 8.58. The first-order valence-electron chi connectivity index (χ1n) is 6.54. The van der Waals surface area contributed by atoms with Crippen molar-refractivity contribution in [3.8, 4) is 0 Å². The maximum atomic E-state index is 5.84. The van der Waals surface area contributed by atoms with Gasteiger partial charge in [-0.3, -0.25) is 0 Å². The highest BCUT2D eigenvalue weighted by atomic mass is 15.2. The van der Waals surface area contributed by atoms with Crippen molar-refractivity contribution in [2.24, 2.45) is 5.92 Å². The zero-order chi connectivity index (χ0) is 13.1. The Hall–Kier alpha value is -1.36. The fourth-order valence-electron chi connectivity index (χ4n) is 2.62. The van der Waals surface area contributed by atoms with Crippen molar-refractivity contribution in [1.82, 2.24) is 14.9 Å². The van der Waals surface area contributed by atoms with Crippen LogP contribution in [0.2, 0.25) is 0 Å². The normalized spacial score (nSPS) is 17.4. The van der Waals surface area contributed by atoms with Crippen molar-refractivity contribution >= 4 is 11.6 Å². The molecule has 0 saturated carbocycles. The summed E-state index contributed by atoms with van der Waals surface area (Å²) < 4.78 is 0. The fraction of sp³-hybridized carbons (Fsp3) is 0.692. The van der Waals surface area contributed by atoms with Crippen LogP contribution >= 0.6 is 0 Å². The SMILES string of the molecule is Cc1c(N)ncnc1N1CCC(CN(C)C)CC1. The molecule has 0 amide bonds. The van der Waals surface area contributed by atoms with Crippen molar-refractivity contribution in [3.63, 3.8) is 0 Å². The highest BCUT2D eigenvalue weighted by molar-refractivity contribution is 5.55. The quantitative estimate of drug-likeness (QED) is 0.870. The van der Waals surface area contributed by atoms with Crippen LogP contribution in [-0.2, 0) is 0 Å². The summed E-state index contributed by atoms with van der Waals surface area (Å²) in [5, 5.41) is 0. The Morgan fingerprint density at radius 3 is 2.61 bits per heavy atom. The summed E-state index contributed by atoms with van der Waals surface area (Å²) >= 11 is 0. The summed E-state index contributed by atoms with van der Waals surface area (Å²) in [7, 11) is 4.28. The van der Waals surface area contributed by atoms with Crippen LogP contribution in [0.5, 0.6) is 0 Å². The molecule has 0 unspecified atom stereocenters. The van der Waals surface area contributed by atoms with Gasteiger partial charge in [0.1, 0.15) is 18.0 Å². The zero-order valence-electron chi connectivity index (χ0n) is 11.6. The van der Waals surface area contributed by atoms with E-state index in [1.807, 2.05) is 6.92 Å². The first-order valence-corrected chi connectivity index (χ1v) is 6.54. The third-order valence-corrected chi connectivity index (χ3v) is 3.63. The van der Waals surface area contributed by atoms with Crippen molar-refractivity contribution in [1.29, 1.82) is 0 Å². The molecule has 1 saturated heterocycles. The first kappa shape index (κ1) is 13.1. The molecule has 1 fully saturated rings. The van der Waals surface area contributed by atoms with E-state index in [9.17, 15) is 0 Å². The van der Waals surface area contributed by atoms with Gasteiger partial charge in [0.2, 0.25) is 0 Å². The smallest absolute Gasteiger partial charge is 0.137 e. The topological polar surface area (TPSA) is 58.3 Å². The van der Waals surface area contributed by atoms with Crippen LogP contribution in [0.1, 0.15) is 18.4 Å². The van der Waals surface area contributed by atoms with E-state index in [1.54, 1.807) is 6.33 Å². The minimum atomic E-state index is 0.593. The number of nitrogen functional groups attached to an aromatic ring is 1. The Labute approximate surface area is 109 Å². The number of hydrogen-bond donors (Lipinski definition) is 1. The van der Waals surface area contributed by atoms with Crippen LogP contribution < -0.4 is 10.6 Å². The van der Waals surface area contributed by atoms with E-state index in [1.165, 1.54) is 19.4 Å². The van der Waals surface area contributed by atoms with Crippen molar-refractivity contribution < 1.29 is 0 Å². The molecule has 0 aromatic carbocycles. The molecule has 1 aliphatic heterocycles. The van der Waals surface area contributed by atoms with Gasteiger partial charge in [-0.2, -0.15) is 0 Å². The molecule has 2 rings (SSSR count). The number of nitrogens with two attached hydrogens (primary N) is 1. The minimum absolute atomic E-state index is 0.593. The molecule has 2 heterocycles. The van der Waals surface area contributed by atoms with E-state index in [2.05, 4.69) is 33.9 Å². The van der Waals surface area contributed by atoms with Gasteiger partial charge in [-0.05, 0) is 39.8 Å². The maximum absolute atomic E-state index is 5.84. The second-order valence-corrected chi connectivity index (χ2v) is 5.40. The van der Waals surface area contributed by atoms with Gasteiger partial charge in [0.25, 0.3) is 0 Å². The standard InChI is InChI=1S/C13H23N5/c1-10-12(14)15-9-16-13(10)18-6-4-11(5-7-18)8-17(2)3/h9,11H,4-8H2,1-3H3,(H2,14,15,16). The van der Waals surface area contributed by atoms with Crippen molar-refractivity contribution in [2.75, 3.05) is 44.4 Å². The summed E-state index contributed by atoms with van der Waals surface area (Å²) in [6.45, 7) is 5.31. The third-order valence-electron chi connectivity index (χ3n) is 3.63. The molecule has 0 spiro atoms. The molecule has 0 radical (unpaired) electrons. The molecule has 1 aliphatic rings. The molecule has 1 aromatic rings. The maximum Gasteiger partial charge on any atom is 0.137 e. The monoisotopic (exact) mass is 249 g/mol. The van der Waals surface area contributed by atoms with E-state index in [0.29, 0.717) is 5.82 Å². The Morgan fingerprint density at radius 2 is 2.00 bits per heavy atom. The molecule has 100 valence electrons. The molecule has 0 atom stereocenters. The van der Waals surface area contributed by atoms with E-state index in [-0.39, 0.29) is 0 Å². The van der Waals surface area contributed by atoms with E-state index < -0.39 is 0 Å². The Morgan fingerprint density at radius 1 is 1.33 bits per heavy atom. The summed E-state index contributed by atoms with van der Waals surface area (Å²) in [4.78, 5) is 13.0. The summed E-state index contributed by atoms with van der Waals surface area (Å²) in [6, 6.07) is 0. The largest absolute Gasteiger partial charge is 0.383 e. The third kappa shape index (κ3) is 2.90. The molecular formula is C13H23N5. The summed E-state index contributed by atoms with van der Waals surface area (Å²) in [5.41, 5.74) is 6.84. The predicted molar refractivity (Wildman–Crippen MR) is 74.7 cm³/mol. The van der Waals surface area contributed by atoms with Gasteiger partial charge in [-0.1, -0.05) is 0 Å². The second-order valence-electron chi connectivity index (χ2n) is 5.40. The van der Waals surface area contributed by atoms with Gasteiger partial charge >= 0.3 is 0 Å². The average Bonchev–Trinajstić information content (AvgIpc) is 2.33. The summed E-state index contributed by atoms with van der Waals surface area (Å²) in [5.74, 6) is 2.40. The Balaban J connectivity index is 1.99. The molecule has 2 N–H and O–H groups in total. The number of anilines is 2. The lowest BCUT2D eigenvalue weighted by molar-refractivity contribution is 0.284. The van der Waals surface area contributed by atoms with Crippen LogP contribution in [-0.4, -0.2) is 48.6 Å². The molecule has 0 bridgehead atoms. The van der Waals surface area contributed by atoms with Crippen LogP contribution in [0.15, 0.2) is 6.33 Å². The number of rotatable bonds is 3. The van der Waals surface area contributed by atoms with E-state index in [0.717, 1.165) is 30.4 Å². The van der Waals surface area contributed by atoms with Crippen LogP contribution in [0.3, 0.4) is 0 Å². The minimum Gasteiger partial charge on any atom is -0.383 e. The van der Waals surface area contributed by atoms with Crippen LogP contribution in [0.25, 0.3) is 0 Å². The van der Waals surface area contributed by atoms with Crippen molar-refractivity contribution in [2.45, 2.75) is 19.8 Å². The van der Waals surface area contributed by atoms with Gasteiger partial charge in [0, 0.05) is 25.2 Å². The lowest BCUT2D eigenvalue weighted by Gasteiger charge is -2.34. The zero-order valence-corrected chi connectivity index (χ0v) is 11.6. The predicted octanol–water partition coefficient (Wildman–Crippen LogP) is 1.15. The van der Waals surface area contributed by atoms with Gasteiger partial charge in [-0.15, -0.1) is 0 Å². The lowest BCUT2D eigenvalue weighted by atomic mass is 9.96. The fourth-order valence-corrected chi connectivity index (χ4v) is 2.62. The lowest BCUT2D eigenvalue weighted by Crippen LogP contribution is -2.38. The van der Waals surface area contributed by atoms with Crippen LogP contribution in [0.4, 0.5) is 11.6 Å². The molecule has 0 aliphatic carbocycles. The van der Waals surface area contributed by atoms with Gasteiger partial charge in [-0.25, -0.2) is 9.97 Å². The number of aromatic nitrogens is 2. The van der Waals surface area contributed by atoms with Gasteiger partial charge < -0.3 is 15.5 Å². The number of nitrogens with zero attached hydrogens (tertiary/aromatic N) is 4. The van der Waals surface area contributed by atoms with E-state index in [4.69, 9.17) is 5.73 Å². The Kier molecular flexibility index (Phi) is 4.01. The van der Waals surface area contributed by atoms with Gasteiger partial charge in [0.05, 0.1) is 0 Å². The number of piperidine rings is 1. The molecule has 5 nitrogen and oxygen atoms in total. The summed E-state index contributed by atoms with van der Waals surface area (Å²) in [6.07, 6.45) is 4.01. The molecular weight excluding hydrogens is 226 g/mol. The molecule has 5 heteroatoms. The molecule has 1 aromatic heterocycles. The van der Waals surface area contributed by atoms with Gasteiger partial charge in [0.15, 0.2) is 0 Å². The van der Waals surface area contributed by atoms with Crippen LogP contribution in [0, 0.1) is 12.8 Å². The Bertz CT molecular complexity index is 396. The average molecular weight is 249 g/mol. The highest BCUT2D eigenvalue weighted by Crippen LogP contribution is 2.25. The molecule has 18 heavy (non-hydrogen) atoms. The van der Waals surface area contributed by atoms with E-state index >= 15 is 0 Å². The second kappa shape index (κ2) is 5.52. The number of hydrogen-bond acceptors (Lipinski definition) is 5.